The van der Waals surface area contributed by atoms with E-state index in [1.807, 2.05) is 24.3 Å². The van der Waals surface area contributed by atoms with Crippen LogP contribution in [0.3, 0.4) is 0 Å². The van der Waals surface area contributed by atoms with Crippen LogP contribution in [0.4, 0.5) is 0 Å². The summed E-state index contributed by atoms with van der Waals surface area (Å²) in [5.41, 5.74) is 2.42. The Hall–Kier alpha value is -2.49. The lowest BCUT2D eigenvalue weighted by Crippen LogP contribution is -2.07. The van der Waals surface area contributed by atoms with Crippen LogP contribution in [0.25, 0.3) is 5.57 Å². The van der Waals surface area contributed by atoms with Gasteiger partial charge in [-0.05, 0) is 30.4 Å². The highest BCUT2D eigenvalue weighted by atomic mass is 16.4. The van der Waals surface area contributed by atoms with Gasteiger partial charge in [0.1, 0.15) is 5.57 Å². The molecular formula is C29H42N2O2. The number of benzene rings is 1. The molecule has 4 heteroatoms. The van der Waals surface area contributed by atoms with Crippen LogP contribution in [0.5, 0.6) is 0 Å². The maximum absolute atomic E-state index is 12.1. The van der Waals surface area contributed by atoms with Gasteiger partial charge in [-0.15, -0.1) is 0 Å². The number of carboxylic acids is 1. The summed E-state index contributed by atoms with van der Waals surface area (Å²) in [5.74, 6) is -0.616. The SMILES string of the molecule is CCCCCCCCCc1cnc(/C(=C\C(CCCCCC)c2ccccc2)C(=O)O)nc1. The number of aryl methyl sites for hydroxylation is 1. The Balaban J connectivity index is 2.04. The highest BCUT2D eigenvalue weighted by Crippen LogP contribution is 2.27. The molecule has 0 aliphatic carbocycles. The van der Waals surface area contributed by atoms with Crippen molar-refractivity contribution in [3.8, 4) is 0 Å². The van der Waals surface area contributed by atoms with Crippen LogP contribution in [0.1, 0.15) is 114 Å². The first-order valence-electron chi connectivity index (χ1n) is 13.0. The third kappa shape index (κ3) is 10.3. The number of hydrogen-bond acceptors (Lipinski definition) is 3. The zero-order valence-corrected chi connectivity index (χ0v) is 20.6. The molecule has 0 bridgehead atoms. The van der Waals surface area contributed by atoms with Crippen molar-refractivity contribution in [3.05, 3.63) is 65.8 Å². The molecule has 33 heavy (non-hydrogen) atoms. The number of rotatable bonds is 17. The lowest BCUT2D eigenvalue weighted by molar-refractivity contribution is -0.130. The van der Waals surface area contributed by atoms with Gasteiger partial charge in [0.25, 0.3) is 0 Å². The summed E-state index contributed by atoms with van der Waals surface area (Å²) >= 11 is 0. The molecular weight excluding hydrogens is 408 g/mol. The van der Waals surface area contributed by atoms with Crippen LogP contribution in [0.15, 0.2) is 48.8 Å². The van der Waals surface area contributed by atoms with E-state index in [1.54, 1.807) is 12.4 Å². The Morgan fingerprint density at radius 1 is 0.848 bits per heavy atom. The molecule has 2 rings (SSSR count). The van der Waals surface area contributed by atoms with E-state index in [4.69, 9.17) is 0 Å². The number of carboxylic acid groups (broad SMARTS) is 1. The van der Waals surface area contributed by atoms with E-state index in [0.29, 0.717) is 5.82 Å². The number of unbranched alkanes of at least 4 members (excludes halogenated alkanes) is 9. The molecule has 0 saturated heterocycles. The Morgan fingerprint density at radius 3 is 2.03 bits per heavy atom. The van der Waals surface area contributed by atoms with Crippen LogP contribution < -0.4 is 0 Å². The minimum atomic E-state index is -0.968. The minimum absolute atomic E-state index is 0.0464. The Kier molecular flexibility index (Phi) is 13.1. The summed E-state index contributed by atoms with van der Waals surface area (Å²) in [6.07, 6.45) is 20.9. The van der Waals surface area contributed by atoms with E-state index in [-0.39, 0.29) is 11.5 Å². The molecule has 180 valence electrons. The number of carbonyl (C=O) groups is 1. The molecule has 1 heterocycles. The minimum Gasteiger partial charge on any atom is -0.478 e. The maximum Gasteiger partial charge on any atom is 0.339 e. The predicted octanol–water partition coefficient (Wildman–Crippen LogP) is 7.99. The molecule has 0 fully saturated rings. The summed E-state index contributed by atoms with van der Waals surface area (Å²) < 4.78 is 0. The second-order valence-corrected chi connectivity index (χ2v) is 9.04. The first-order chi connectivity index (χ1) is 16.2. The third-order valence-corrected chi connectivity index (χ3v) is 6.21. The third-order valence-electron chi connectivity index (χ3n) is 6.21. The van der Waals surface area contributed by atoms with Crippen LogP contribution >= 0.6 is 0 Å². The molecule has 0 aliphatic heterocycles. The van der Waals surface area contributed by atoms with E-state index in [2.05, 4.69) is 35.9 Å². The first-order valence-corrected chi connectivity index (χ1v) is 13.0. The molecule has 2 aromatic rings. The second-order valence-electron chi connectivity index (χ2n) is 9.04. The van der Waals surface area contributed by atoms with Gasteiger partial charge in [0.15, 0.2) is 5.82 Å². The second kappa shape index (κ2) is 16.2. The first kappa shape index (κ1) is 26.8. The van der Waals surface area contributed by atoms with E-state index in [9.17, 15) is 9.90 Å². The van der Waals surface area contributed by atoms with Crippen LogP contribution in [0, 0.1) is 0 Å². The largest absolute Gasteiger partial charge is 0.478 e. The highest BCUT2D eigenvalue weighted by molar-refractivity contribution is 6.14. The summed E-state index contributed by atoms with van der Waals surface area (Å²) in [5, 5.41) is 9.92. The Morgan fingerprint density at radius 2 is 1.42 bits per heavy atom. The van der Waals surface area contributed by atoms with Crippen molar-refractivity contribution in [2.75, 3.05) is 0 Å². The van der Waals surface area contributed by atoms with Gasteiger partial charge >= 0.3 is 5.97 Å². The van der Waals surface area contributed by atoms with E-state index in [1.165, 1.54) is 57.8 Å². The number of hydrogen-bond donors (Lipinski definition) is 1. The number of nitrogens with zero attached hydrogens (tertiary/aromatic N) is 2. The fourth-order valence-corrected chi connectivity index (χ4v) is 4.19. The molecule has 0 amide bonds. The van der Waals surface area contributed by atoms with Gasteiger partial charge in [0.05, 0.1) is 0 Å². The number of allylic oxidation sites excluding steroid dienone is 1. The monoisotopic (exact) mass is 450 g/mol. The van der Waals surface area contributed by atoms with Crippen molar-refractivity contribution in [1.82, 2.24) is 9.97 Å². The molecule has 0 spiro atoms. The summed E-state index contributed by atoms with van der Waals surface area (Å²) in [7, 11) is 0. The van der Waals surface area contributed by atoms with E-state index in [0.717, 1.165) is 36.8 Å². The van der Waals surface area contributed by atoms with Crippen molar-refractivity contribution in [2.45, 2.75) is 103 Å². The van der Waals surface area contributed by atoms with Gasteiger partial charge in [-0.25, -0.2) is 14.8 Å². The molecule has 0 radical (unpaired) electrons. The molecule has 1 atom stereocenters. The van der Waals surface area contributed by atoms with Gasteiger partial charge in [0, 0.05) is 18.3 Å². The Bertz CT molecular complexity index is 815. The van der Waals surface area contributed by atoms with Crippen molar-refractivity contribution >= 4 is 11.5 Å². The van der Waals surface area contributed by atoms with Gasteiger partial charge in [0.2, 0.25) is 0 Å². The number of aromatic nitrogens is 2. The van der Waals surface area contributed by atoms with Gasteiger partial charge in [-0.2, -0.15) is 0 Å². The highest BCUT2D eigenvalue weighted by Gasteiger charge is 2.18. The lowest BCUT2D eigenvalue weighted by Gasteiger charge is -2.15. The summed E-state index contributed by atoms with van der Waals surface area (Å²) in [6, 6.07) is 10.2. The average molecular weight is 451 g/mol. The summed E-state index contributed by atoms with van der Waals surface area (Å²) in [4.78, 5) is 21.0. The standard InChI is InChI=1S/C29H42N2O2/c1-3-5-7-9-10-11-13-17-24-22-30-28(31-23-24)27(29(32)33)21-26(20-14-8-6-4-2)25-18-15-12-16-19-25/h12,15-16,18-19,21-23,26H,3-11,13-14,17,20H2,1-2H3,(H,32,33)/b27-21+. The van der Waals surface area contributed by atoms with E-state index < -0.39 is 5.97 Å². The van der Waals surface area contributed by atoms with Gasteiger partial charge in [-0.3, -0.25) is 0 Å². The van der Waals surface area contributed by atoms with Crippen molar-refractivity contribution < 1.29 is 9.90 Å². The molecule has 1 unspecified atom stereocenters. The van der Waals surface area contributed by atoms with Crippen LogP contribution in [0.2, 0.25) is 0 Å². The van der Waals surface area contributed by atoms with Crippen molar-refractivity contribution in [3.63, 3.8) is 0 Å². The summed E-state index contributed by atoms with van der Waals surface area (Å²) in [6.45, 7) is 4.44. The topological polar surface area (TPSA) is 63.1 Å². The normalized spacial score (nSPS) is 12.6. The Labute approximate surface area is 200 Å². The smallest absolute Gasteiger partial charge is 0.339 e. The molecule has 0 aliphatic rings. The fourth-order valence-electron chi connectivity index (χ4n) is 4.19. The molecule has 1 N–H and O–H groups in total. The zero-order valence-electron chi connectivity index (χ0n) is 20.6. The van der Waals surface area contributed by atoms with Crippen LogP contribution in [-0.4, -0.2) is 21.0 Å². The quantitative estimate of drug-likeness (QED) is 0.196. The average Bonchev–Trinajstić information content (AvgIpc) is 2.84. The maximum atomic E-state index is 12.1. The molecule has 4 nitrogen and oxygen atoms in total. The zero-order chi connectivity index (χ0) is 23.7. The van der Waals surface area contributed by atoms with E-state index >= 15 is 0 Å². The molecule has 1 aromatic carbocycles. The van der Waals surface area contributed by atoms with Crippen LogP contribution in [-0.2, 0) is 11.2 Å². The lowest BCUT2D eigenvalue weighted by atomic mass is 9.91. The molecule has 0 saturated carbocycles. The predicted molar refractivity (Wildman–Crippen MR) is 137 cm³/mol. The number of aliphatic carboxylic acids is 1. The van der Waals surface area contributed by atoms with Crippen molar-refractivity contribution in [2.24, 2.45) is 0 Å². The van der Waals surface area contributed by atoms with Gasteiger partial charge < -0.3 is 5.11 Å². The molecule has 1 aromatic heterocycles. The van der Waals surface area contributed by atoms with Crippen molar-refractivity contribution in [1.29, 1.82) is 0 Å². The van der Waals surface area contributed by atoms with Gasteiger partial charge in [-0.1, -0.05) is 114 Å². The fraction of sp³-hybridized carbons (Fsp3) is 0.552.